The summed E-state index contributed by atoms with van der Waals surface area (Å²) in [6.07, 6.45) is 3.75. The van der Waals surface area contributed by atoms with Gasteiger partial charge in [0.1, 0.15) is 0 Å². The molecule has 1 aromatic rings. The molecule has 0 bridgehead atoms. The van der Waals surface area contributed by atoms with Crippen molar-refractivity contribution >= 4 is 5.91 Å². The molecule has 0 spiro atoms. The van der Waals surface area contributed by atoms with Gasteiger partial charge in [0, 0.05) is 26.2 Å². The van der Waals surface area contributed by atoms with Crippen LogP contribution in [0.15, 0.2) is 22.8 Å². The van der Waals surface area contributed by atoms with Crippen LogP contribution in [0.2, 0.25) is 0 Å². The minimum atomic E-state index is 0.00149. The Balaban J connectivity index is 1.75. The lowest BCUT2D eigenvalue weighted by Crippen LogP contribution is -2.48. The van der Waals surface area contributed by atoms with E-state index in [-0.39, 0.29) is 5.91 Å². The van der Waals surface area contributed by atoms with Gasteiger partial charge in [-0.05, 0) is 38.1 Å². The molecule has 0 aliphatic carbocycles. The van der Waals surface area contributed by atoms with Crippen LogP contribution in [0, 0.1) is 0 Å². The first-order valence-corrected chi connectivity index (χ1v) is 6.56. The van der Waals surface area contributed by atoms with Crippen LogP contribution in [0.5, 0.6) is 0 Å². The first kappa shape index (κ1) is 13.1. The zero-order chi connectivity index (χ0) is 12.8. The fourth-order valence-electron chi connectivity index (χ4n) is 2.21. The third-order valence-corrected chi connectivity index (χ3v) is 3.32. The lowest BCUT2D eigenvalue weighted by molar-refractivity contribution is 0.0605. The lowest BCUT2D eigenvalue weighted by Gasteiger charge is -2.34. The van der Waals surface area contributed by atoms with Crippen molar-refractivity contribution in [2.45, 2.75) is 12.8 Å². The minimum Gasteiger partial charge on any atom is -0.459 e. The van der Waals surface area contributed by atoms with E-state index in [0.717, 1.165) is 52.1 Å². The second-order valence-electron chi connectivity index (χ2n) is 4.61. The summed E-state index contributed by atoms with van der Waals surface area (Å²) in [6, 6.07) is 3.46. The monoisotopic (exact) mass is 251 g/mol. The van der Waals surface area contributed by atoms with Gasteiger partial charge in [-0.3, -0.25) is 9.69 Å². The van der Waals surface area contributed by atoms with Gasteiger partial charge in [0.2, 0.25) is 0 Å². The molecule has 1 aliphatic rings. The smallest absolute Gasteiger partial charge is 0.289 e. The molecule has 0 unspecified atom stereocenters. The zero-order valence-electron chi connectivity index (χ0n) is 10.7. The number of hydrogen-bond donors (Lipinski definition) is 1. The Bertz CT molecular complexity index is 356. The highest BCUT2D eigenvalue weighted by atomic mass is 16.3. The summed E-state index contributed by atoms with van der Waals surface area (Å²) in [5.41, 5.74) is 5.48. The SMILES string of the molecule is NCCCCN1CCN(C(=O)c2ccco2)CC1. The van der Waals surface area contributed by atoms with Crippen LogP contribution < -0.4 is 5.73 Å². The third kappa shape index (κ3) is 3.34. The van der Waals surface area contributed by atoms with Gasteiger partial charge in [-0.15, -0.1) is 0 Å². The maximum Gasteiger partial charge on any atom is 0.289 e. The van der Waals surface area contributed by atoms with Crippen LogP contribution in [-0.4, -0.2) is 55.0 Å². The summed E-state index contributed by atoms with van der Waals surface area (Å²) < 4.78 is 5.14. The molecule has 0 saturated carbocycles. The van der Waals surface area contributed by atoms with E-state index in [1.54, 1.807) is 12.1 Å². The van der Waals surface area contributed by atoms with E-state index < -0.39 is 0 Å². The molecule has 0 atom stereocenters. The van der Waals surface area contributed by atoms with Gasteiger partial charge in [-0.25, -0.2) is 0 Å². The van der Waals surface area contributed by atoms with Crippen molar-refractivity contribution in [3.05, 3.63) is 24.2 Å². The van der Waals surface area contributed by atoms with Crippen molar-refractivity contribution in [2.24, 2.45) is 5.73 Å². The summed E-state index contributed by atoms with van der Waals surface area (Å²) >= 11 is 0. The number of piperazine rings is 1. The fourth-order valence-corrected chi connectivity index (χ4v) is 2.21. The van der Waals surface area contributed by atoms with E-state index >= 15 is 0 Å². The van der Waals surface area contributed by atoms with E-state index in [0.29, 0.717) is 5.76 Å². The quantitative estimate of drug-likeness (QED) is 0.785. The Morgan fingerprint density at radius 1 is 1.28 bits per heavy atom. The molecule has 100 valence electrons. The summed E-state index contributed by atoms with van der Waals surface area (Å²) in [6.45, 7) is 5.29. The first-order valence-electron chi connectivity index (χ1n) is 6.56. The number of unbranched alkanes of at least 4 members (excludes halogenated alkanes) is 1. The highest BCUT2D eigenvalue weighted by Gasteiger charge is 2.23. The Kier molecular flexibility index (Phi) is 4.78. The fraction of sp³-hybridized carbons (Fsp3) is 0.615. The molecule has 2 heterocycles. The summed E-state index contributed by atoms with van der Waals surface area (Å²) in [5.74, 6) is 0.438. The first-order chi connectivity index (χ1) is 8.81. The van der Waals surface area contributed by atoms with Crippen molar-refractivity contribution in [1.29, 1.82) is 0 Å². The van der Waals surface area contributed by atoms with Gasteiger partial charge in [0.05, 0.1) is 6.26 Å². The van der Waals surface area contributed by atoms with E-state index in [1.807, 2.05) is 4.90 Å². The number of carbonyl (C=O) groups excluding carboxylic acids is 1. The van der Waals surface area contributed by atoms with Crippen LogP contribution in [-0.2, 0) is 0 Å². The molecule has 1 saturated heterocycles. The summed E-state index contributed by atoms with van der Waals surface area (Å²) in [7, 11) is 0. The predicted molar refractivity (Wildman–Crippen MR) is 69.3 cm³/mol. The predicted octanol–water partition coefficient (Wildman–Crippen LogP) is 0.776. The number of nitrogens with two attached hydrogens (primary N) is 1. The molecule has 5 nitrogen and oxygen atoms in total. The number of rotatable bonds is 5. The van der Waals surface area contributed by atoms with Gasteiger partial charge >= 0.3 is 0 Å². The number of amides is 1. The molecular formula is C13H21N3O2. The van der Waals surface area contributed by atoms with Crippen molar-refractivity contribution in [1.82, 2.24) is 9.80 Å². The third-order valence-electron chi connectivity index (χ3n) is 3.32. The topological polar surface area (TPSA) is 62.7 Å². The number of carbonyl (C=O) groups is 1. The van der Waals surface area contributed by atoms with Crippen molar-refractivity contribution in [3.8, 4) is 0 Å². The average Bonchev–Trinajstić information content (AvgIpc) is 2.93. The van der Waals surface area contributed by atoms with Gasteiger partial charge in [-0.2, -0.15) is 0 Å². The Morgan fingerprint density at radius 2 is 2.06 bits per heavy atom. The van der Waals surface area contributed by atoms with Gasteiger partial charge in [0.25, 0.3) is 5.91 Å². The Morgan fingerprint density at radius 3 is 2.67 bits per heavy atom. The van der Waals surface area contributed by atoms with E-state index in [9.17, 15) is 4.79 Å². The lowest BCUT2D eigenvalue weighted by atomic mass is 10.2. The van der Waals surface area contributed by atoms with Crippen molar-refractivity contribution in [3.63, 3.8) is 0 Å². The molecule has 18 heavy (non-hydrogen) atoms. The standard InChI is InChI=1S/C13H21N3O2/c14-5-1-2-6-15-7-9-16(10-8-15)13(17)12-4-3-11-18-12/h3-4,11H,1-2,5-10,14H2. The van der Waals surface area contributed by atoms with E-state index in [1.165, 1.54) is 6.26 Å². The van der Waals surface area contributed by atoms with E-state index in [2.05, 4.69) is 4.90 Å². The maximum absolute atomic E-state index is 12.0. The number of nitrogens with zero attached hydrogens (tertiary/aromatic N) is 2. The molecule has 2 rings (SSSR count). The second kappa shape index (κ2) is 6.56. The molecular weight excluding hydrogens is 230 g/mol. The molecule has 1 aliphatic heterocycles. The summed E-state index contributed by atoms with van der Waals surface area (Å²) in [5, 5.41) is 0. The molecule has 2 N–H and O–H groups in total. The van der Waals surface area contributed by atoms with Crippen LogP contribution in [0.4, 0.5) is 0 Å². The van der Waals surface area contributed by atoms with Crippen LogP contribution in [0.3, 0.4) is 0 Å². The molecule has 0 radical (unpaired) electrons. The van der Waals surface area contributed by atoms with Gasteiger partial charge in [0.15, 0.2) is 5.76 Å². The Hall–Kier alpha value is -1.33. The summed E-state index contributed by atoms with van der Waals surface area (Å²) in [4.78, 5) is 16.3. The van der Waals surface area contributed by atoms with Gasteiger partial charge < -0.3 is 15.1 Å². The molecule has 1 fully saturated rings. The van der Waals surface area contributed by atoms with Gasteiger partial charge in [-0.1, -0.05) is 0 Å². The highest BCUT2D eigenvalue weighted by Crippen LogP contribution is 2.09. The largest absolute Gasteiger partial charge is 0.459 e. The molecule has 1 aromatic heterocycles. The molecule has 0 aromatic carbocycles. The number of hydrogen-bond acceptors (Lipinski definition) is 4. The van der Waals surface area contributed by atoms with Crippen LogP contribution in [0.25, 0.3) is 0 Å². The van der Waals surface area contributed by atoms with Crippen molar-refractivity contribution < 1.29 is 9.21 Å². The average molecular weight is 251 g/mol. The van der Waals surface area contributed by atoms with Crippen LogP contribution >= 0.6 is 0 Å². The molecule has 1 amide bonds. The highest BCUT2D eigenvalue weighted by molar-refractivity contribution is 5.91. The maximum atomic E-state index is 12.0. The minimum absolute atomic E-state index is 0.00149. The zero-order valence-corrected chi connectivity index (χ0v) is 10.7. The normalized spacial score (nSPS) is 17.1. The second-order valence-corrected chi connectivity index (χ2v) is 4.61. The number of furan rings is 1. The van der Waals surface area contributed by atoms with Crippen LogP contribution in [0.1, 0.15) is 23.4 Å². The Labute approximate surface area is 108 Å². The van der Waals surface area contributed by atoms with E-state index in [4.69, 9.17) is 10.2 Å². The molecule has 5 heteroatoms. The van der Waals surface area contributed by atoms with Crippen molar-refractivity contribution in [2.75, 3.05) is 39.3 Å².